The Morgan fingerprint density at radius 2 is 1.93 bits per heavy atom. The van der Waals surface area contributed by atoms with Crippen LogP contribution in [0, 0.1) is 0 Å². The molecule has 0 N–H and O–H groups in total. The minimum Gasteiger partial charge on any atom is -0.497 e. The number of hydrogen-bond donors (Lipinski definition) is 0. The summed E-state index contributed by atoms with van der Waals surface area (Å²) in [5, 5.41) is 0. The van der Waals surface area contributed by atoms with Crippen LogP contribution in [0.2, 0.25) is 0 Å². The van der Waals surface area contributed by atoms with Gasteiger partial charge in [0.25, 0.3) is 0 Å². The number of methoxy groups -OCH3 is 1. The van der Waals surface area contributed by atoms with Gasteiger partial charge in [-0.3, -0.25) is 9.59 Å². The van der Waals surface area contributed by atoms with Crippen LogP contribution in [0.5, 0.6) is 5.75 Å². The zero-order valence-corrected chi connectivity index (χ0v) is 7.61. The number of fused-ring (bicyclic) bond motifs is 1. The lowest BCUT2D eigenvalue weighted by Gasteiger charge is -2.09. The highest BCUT2D eigenvalue weighted by molar-refractivity contribution is 6.49. The van der Waals surface area contributed by atoms with Crippen LogP contribution in [0.3, 0.4) is 0 Å². The van der Waals surface area contributed by atoms with Gasteiger partial charge in [0.1, 0.15) is 5.75 Å². The minimum atomic E-state index is -0.470. The van der Waals surface area contributed by atoms with Gasteiger partial charge in [0.15, 0.2) is 0 Å². The van der Waals surface area contributed by atoms with Crippen molar-refractivity contribution < 1.29 is 14.3 Å². The molecule has 1 aliphatic carbocycles. The molecule has 2 rings (SSSR count). The summed E-state index contributed by atoms with van der Waals surface area (Å²) >= 11 is 0. The van der Waals surface area contributed by atoms with Crippen LogP contribution in [0.1, 0.15) is 15.9 Å². The van der Waals surface area contributed by atoms with E-state index in [0.29, 0.717) is 11.3 Å². The molecule has 14 heavy (non-hydrogen) atoms. The molecule has 0 aliphatic heterocycles. The predicted octanol–water partition coefficient (Wildman–Crippen LogP) is 1.47. The Labute approximate surface area is 81.0 Å². The van der Waals surface area contributed by atoms with E-state index in [0.717, 1.165) is 5.56 Å². The van der Waals surface area contributed by atoms with Crippen LogP contribution in [0.15, 0.2) is 24.3 Å². The second-order valence-electron chi connectivity index (χ2n) is 2.98. The molecule has 0 fully saturated rings. The van der Waals surface area contributed by atoms with E-state index < -0.39 is 11.6 Å². The van der Waals surface area contributed by atoms with Gasteiger partial charge < -0.3 is 4.74 Å². The number of benzene rings is 1. The van der Waals surface area contributed by atoms with Crippen LogP contribution in [0.25, 0.3) is 6.08 Å². The topological polar surface area (TPSA) is 43.4 Å². The molecule has 0 bridgehead atoms. The monoisotopic (exact) mass is 188 g/mol. The molecular weight excluding hydrogens is 180 g/mol. The quantitative estimate of drug-likeness (QED) is 0.627. The van der Waals surface area contributed by atoms with Gasteiger partial charge in [0.2, 0.25) is 11.6 Å². The van der Waals surface area contributed by atoms with Gasteiger partial charge in [-0.1, -0.05) is 6.08 Å². The third kappa shape index (κ3) is 1.23. The normalized spacial score (nSPS) is 14.1. The van der Waals surface area contributed by atoms with E-state index >= 15 is 0 Å². The standard InChI is InChI=1S/C11H8O3/c1-14-8-3-4-9-7(6-8)2-5-10(12)11(9)13/h2-6H,1H3. The molecule has 0 unspecified atom stereocenters. The predicted molar refractivity (Wildman–Crippen MR) is 51.4 cm³/mol. The second kappa shape index (κ2) is 3.10. The van der Waals surface area contributed by atoms with Gasteiger partial charge in [-0.2, -0.15) is 0 Å². The van der Waals surface area contributed by atoms with Gasteiger partial charge >= 0.3 is 0 Å². The fourth-order valence-electron chi connectivity index (χ4n) is 1.39. The van der Waals surface area contributed by atoms with Crippen molar-refractivity contribution in [3.05, 3.63) is 35.4 Å². The maximum Gasteiger partial charge on any atom is 0.233 e. The number of Topliss-reactive ketones (excluding diaryl/α,β-unsaturated/α-hetero) is 1. The highest BCUT2D eigenvalue weighted by atomic mass is 16.5. The zero-order valence-electron chi connectivity index (χ0n) is 7.61. The maximum absolute atomic E-state index is 11.4. The highest BCUT2D eigenvalue weighted by Crippen LogP contribution is 2.22. The average Bonchev–Trinajstić information content (AvgIpc) is 2.23. The summed E-state index contributed by atoms with van der Waals surface area (Å²) in [6.45, 7) is 0. The summed E-state index contributed by atoms with van der Waals surface area (Å²) in [6, 6.07) is 5.01. The molecular formula is C11H8O3. The largest absolute Gasteiger partial charge is 0.497 e. The summed E-state index contributed by atoms with van der Waals surface area (Å²) in [4.78, 5) is 22.4. The zero-order chi connectivity index (χ0) is 10.1. The van der Waals surface area contributed by atoms with Crippen LogP contribution in [-0.4, -0.2) is 18.7 Å². The van der Waals surface area contributed by atoms with Crippen molar-refractivity contribution in [3.8, 4) is 5.75 Å². The first-order valence-electron chi connectivity index (χ1n) is 4.17. The van der Waals surface area contributed by atoms with Gasteiger partial charge in [-0.15, -0.1) is 0 Å². The van der Waals surface area contributed by atoms with E-state index in [2.05, 4.69) is 0 Å². The van der Waals surface area contributed by atoms with Crippen molar-refractivity contribution in [2.45, 2.75) is 0 Å². The van der Waals surface area contributed by atoms with Crippen LogP contribution < -0.4 is 4.74 Å². The number of allylic oxidation sites excluding steroid dienone is 1. The van der Waals surface area contributed by atoms with Crippen molar-refractivity contribution in [1.29, 1.82) is 0 Å². The summed E-state index contributed by atoms with van der Waals surface area (Å²) in [5.41, 5.74) is 1.17. The van der Waals surface area contributed by atoms with E-state index in [1.165, 1.54) is 6.08 Å². The first-order valence-corrected chi connectivity index (χ1v) is 4.17. The van der Waals surface area contributed by atoms with Crippen molar-refractivity contribution in [2.75, 3.05) is 7.11 Å². The Bertz CT molecular complexity index is 444. The van der Waals surface area contributed by atoms with E-state index in [4.69, 9.17) is 4.74 Å². The first kappa shape index (κ1) is 8.69. The average molecular weight is 188 g/mol. The Morgan fingerprint density at radius 3 is 2.64 bits per heavy atom. The first-order chi connectivity index (χ1) is 6.72. The highest BCUT2D eigenvalue weighted by Gasteiger charge is 2.20. The number of ether oxygens (including phenoxy) is 1. The van der Waals surface area contributed by atoms with Crippen molar-refractivity contribution >= 4 is 17.6 Å². The SMILES string of the molecule is COc1ccc2c(c1)C=CC(=O)C2=O. The third-order valence-corrected chi connectivity index (χ3v) is 2.14. The van der Waals surface area contributed by atoms with Crippen LogP contribution >= 0.6 is 0 Å². The smallest absolute Gasteiger partial charge is 0.233 e. The third-order valence-electron chi connectivity index (χ3n) is 2.14. The summed E-state index contributed by atoms with van der Waals surface area (Å²) in [7, 11) is 1.56. The maximum atomic E-state index is 11.4. The molecule has 1 aliphatic rings. The number of hydrogen-bond acceptors (Lipinski definition) is 3. The molecule has 70 valence electrons. The Kier molecular flexibility index (Phi) is 1.93. The lowest BCUT2D eigenvalue weighted by Crippen LogP contribution is -2.15. The van der Waals surface area contributed by atoms with Gasteiger partial charge in [0, 0.05) is 5.56 Å². The number of carbonyl (C=O) groups excluding carboxylic acids is 2. The second-order valence-corrected chi connectivity index (χ2v) is 2.98. The Morgan fingerprint density at radius 1 is 1.14 bits per heavy atom. The molecule has 0 heterocycles. The lowest BCUT2D eigenvalue weighted by molar-refractivity contribution is -0.110. The van der Waals surface area contributed by atoms with Gasteiger partial charge in [0.05, 0.1) is 7.11 Å². The summed E-state index contributed by atoms with van der Waals surface area (Å²) < 4.78 is 5.01. The molecule has 3 heteroatoms. The molecule has 0 atom stereocenters. The molecule has 0 saturated carbocycles. The number of carbonyl (C=O) groups is 2. The molecule has 3 nitrogen and oxygen atoms in total. The summed E-state index contributed by atoms with van der Waals surface area (Å²) in [6.07, 6.45) is 2.91. The van der Waals surface area contributed by atoms with E-state index in [1.54, 1.807) is 31.4 Å². The molecule has 0 aromatic heterocycles. The van der Waals surface area contributed by atoms with Crippen LogP contribution in [0.4, 0.5) is 0 Å². The fraction of sp³-hybridized carbons (Fsp3) is 0.0909. The summed E-state index contributed by atoms with van der Waals surface area (Å²) in [5.74, 6) is -0.247. The van der Waals surface area contributed by atoms with Crippen molar-refractivity contribution in [2.24, 2.45) is 0 Å². The van der Waals surface area contributed by atoms with Gasteiger partial charge in [-0.05, 0) is 29.8 Å². The van der Waals surface area contributed by atoms with E-state index in [-0.39, 0.29) is 0 Å². The molecule has 1 aromatic rings. The molecule has 0 radical (unpaired) electrons. The van der Waals surface area contributed by atoms with Crippen LogP contribution in [-0.2, 0) is 4.79 Å². The van der Waals surface area contributed by atoms with Gasteiger partial charge in [-0.25, -0.2) is 0 Å². The molecule has 1 aromatic carbocycles. The Balaban J connectivity index is 2.57. The lowest BCUT2D eigenvalue weighted by atomic mass is 9.95. The number of rotatable bonds is 1. The van der Waals surface area contributed by atoms with Crippen molar-refractivity contribution in [1.82, 2.24) is 0 Å². The molecule has 0 saturated heterocycles. The van der Waals surface area contributed by atoms with E-state index in [9.17, 15) is 9.59 Å². The number of ketones is 2. The van der Waals surface area contributed by atoms with Crippen molar-refractivity contribution in [3.63, 3.8) is 0 Å². The van der Waals surface area contributed by atoms with E-state index in [1.807, 2.05) is 0 Å². The molecule has 0 amide bonds. The Hall–Kier alpha value is -1.90. The fourth-order valence-corrected chi connectivity index (χ4v) is 1.39. The molecule has 0 spiro atoms. The minimum absolute atomic E-state index is 0.443.